The fourth-order valence-electron chi connectivity index (χ4n) is 2.09. The molecule has 6 nitrogen and oxygen atoms in total. The minimum Gasteiger partial charge on any atom is -0.345 e. The van der Waals surface area contributed by atoms with Crippen LogP contribution in [0.1, 0.15) is 26.3 Å². The van der Waals surface area contributed by atoms with Crippen LogP contribution < -0.4 is 10.9 Å². The Balaban J connectivity index is 1.97. The fourth-order valence-corrected chi connectivity index (χ4v) is 2.09. The predicted octanol–water partition coefficient (Wildman–Crippen LogP) is 0.869. The summed E-state index contributed by atoms with van der Waals surface area (Å²) in [6, 6.07) is 10.0. The van der Waals surface area contributed by atoms with E-state index in [1.165, 1.54) is 15.5 Å². The Morgan fingerprint density at radius 3 is 2.48 bits per heavy atom. The van der Waals surface area contributed by atoms with Crippen LogP contribution in [0.4, 0.5) is 0 Å². The van der Waals surface area contributed by atoms with Crippen molar-refractivity contribution >= 4 is 11.8 Å². The highest BCUT2D eigenvalue weighted by atomic mass is 16.2. The molecule has 0 bridgehead atoms. The second-order valence-electron chi connectivity index (χ2n) is 5.60. The molecule has 0 fully saturated rings. The number of amides is 2. The van der Waals surface area contributed by atoms with Crippen LogP contribution in [-0.4, -0.2) is 41.9 Å². The zero-order valence-corrected chi connectivity index (χ0v) is 14.4. The van der Waals surface area contributed by atoms with Crippen LogP contribution in [0, 0.1) is 11.8 Å². The molecule has 2 amide bonds. The SMILES string of the molecule is CN(C)C(=O)c1ccc(C#CCNC(=O)c2cccn(C)c2=O)cc1. The van der Waals surface area contributed by atoms with Crippen molar-refractivity contribution in [3.63, 3.8) is 0 Å². The molecule has 1 N–H and O–H groups in total. The van der Waals surface area contributed by atoms with Gasteiger partial charge >= 0.3 is 0 Å². The summed E-state index contributed by atoms with van der Waals surface area (Å²) in [6.07, 6.45) is 1.59. The van der Waals surface area contributed by atoms with E-state index in [2.05, 4.69) is 17.2 Å². The van der Waals surface area contributed by atoms with Gasteiger partial charge in [-0.25, -0.2) is 0 Å². The van der Waals surface area contributed by atoms with Gasteiger partial charge < -0.3 is 14.8 Å². The number of hydrogen-bond donors (Lipinski definition) is 1. The zero-order valence-electron chi connectivity index (χ0n) is 14.4. The van der Waals surface area contributed by atoms with Gasteiger partial charge in [0.25, 0.3) is 17.4 Å². The first-order valence-corrected chi connectivity index (χ1v) is 7.64. The van der Waals surface area contributed by atoms with E-state index in [4.69, 9.17) is 0 Å². The molecule has 0 aliphatic carbocycles. The van der Waals surface area contributed by atoms with Crippen molar-refractivity contribution in [1.82, 2.24) is 14.8 Å². The van der Waals surface area contributed by atoms with E-state index in [1.54, 1.807) is 57.7 Å². The molecular weight excluding hydrogens is 318 g/mol. The molecule has 0 saturated carbocycles. The number of aryl methyl sites for hydroxylation is 1. The number of pyridine rings is 1. The lowest BCUT2D eigenvalue weighted by atomic mass is 10.1. The number of carbonyl (C=O) groups is 2. The third-order valence-electron chi connectivity index (χ3n) is 3.48. The first-order chi connectivity index (χ1) is 11.9. The normalized spacial score (nSPS) is 9.72. The van der Waals surface area contributed by atoms with Gasteiger partial charge in [-0.15, -0.1) is 0 Å². The maximum absolute atomic E-state index is 12.0. The lowest BCUT2D eigenvalue weighted by molar-refractivity contribution is 0.0827. The van der Waals surface area contributed by atoms with Crippen molar-refractivity contribution in [2.24, 2.45) is 7.05 Å². The molecule has 1 aromatic heterocycles. The number of nitrogens with zero attached hydrogens (tertiary/aromatic N) is 2. The average molecular weight is 337 g/mol. The van der Waals surface area contributed by atoms with Crippen molar-refractivity contribution in [2.45, 2.75) is 0 Å². The maximum atomic E-state index is 12.0. The van der Waals surface area contributed by atoms with E-state index in [9.17, 15) is 14.4 Å². The second-order valence-corrected chi connectivity index (χ2v) is 5.60. The van der Waals surface area contributed by atoms with Crippen LogP contribution in [0.25, 0.3) is 0 Å². The van der Waals surface area contributed by atoms with Crippen molar-refractivity contribution in [3.8, 4) is 11.8 Å². The van der Waals surface area contributed by atoms with E-state index < -0.39 is 5.91 Å². The molecule has 0 aliphatic rings. The van der Waals surface area contributed by atoms with Crippen molar-refractivity contribution in [1.29, 1.82) is 0 Å². The van der Waals surface area contributed by atoms with Crippen LogP contribution in [0.3, 0.4) is 0 Å². The van der Waals surface area contributed by atoms with E-state index in [0.717, 1.165) is 5.56 Å². The van der Waals surface area contributed by atoms with E-state index in [1.807, 2.05) is 0 Å². The Kier molecular flexibility index (Phi) is 5.75. The minimum absolute atomic E-state index is 0.0729. The number of hydrogen-bond acceptors (Lipinski definition) is 3. The summed E-state index contributed by atoms with van der Waals surface area (Å²) in [5.74, 6) is 5.19. The lowest BCUT2D eigenvalue weighted by Crippen LogP contribution is -2.32. The molecule has 0 saturated heterocycles. The number of carbonyl (C=O) groups excluding carboxylic acids is 2. The standard InChI is InChI=1S/C19H19N3O3/c1-21(2)18(24)15-10-8-14(9-11-15)6-4-12-20-17(23)16-7-5-13-22(3)19(16)25/h5,7-11,13H,12H2,1-3H3,(H,20,23). The molecule has 25 heavy (non-hydrogen) atoms. The van der Waals surface area contributed by atoms with Gasteiger partial charge in [0.2, 0.25) is 0 Å². The van der Waals surface area contributed by atoms with Gasteiger partial charge in [0.05, 0.1) is 6.54 Å². The minimum atomic E-state index is -0.456. The lowest BCUT2D eigenvalue weighted by Gasteiger charge is -2.09. The molecule has 0 atom stereocenters. The molecule has 2 aromatic rings. The molecule has 1 aromatic carbocycles. The van der Waals surface area contributed by atoms with Crippen LogP contribution >= 0.6 is 0 Å². The van der Waals surface area contributed by atoms with Gasteiger partial charge in [0.15, 0.2) is 0 Å². The molecule has 0 radical (unpaired) electrons. The topological polar surface area (TPSA) is 71.4 Å². The first-order valence-electron chi connectivity index (χ1n) is 7.64. The van der Waals surface area contributed by atoms with Crippen molar-refractivity contribution in [3.05, 3.63) is 69.6 Å². The number of aromatic nitrogens is 1. The smallest absolute Gasteiger partial charge is 0.263 e. The maximum Gasteiger partial charge on any atom is 0.263 e. The summed E-state index contributed by atoms with van der Waals surface area (Å²) >= 11 is 0. The van der Waals surface area contributed by atoms with Gasteiger partial charge in [0, 0.05) is 38.5 Å². The molecular formula is C19H19N3O3. The molecule has 0 aliphatic heterocycles. The van der Waals surface area contributed by atoms with Gasteiger partial charge in [-0.05, 0) is 36.4 Å². The molecule has 128 valence electrons. The number of nitrogens with one attached hydrogen (secondary N) is 1. The van der Waals surface area contributed by atoms with Crippen molar-refractivity contribution < 1.29 is 9.59 Å². The highest BCUT2D eigenvalue weighted by Gasteiger charge is 2.09. The third kappa shape index (κ3) is 4.58. The monoisotopic (exact) mass is 337 g/mol. The predicted molar refractivity (Wildman–Crippen MR) is 95.4 cm³/mol. The zero-order chi connectivity index (χ0) is 18.4. The fraction of sp³-hybridized carbons (Fsp3) is 0.211. The quantitative estimate of drug-likeness (QED) is 0.845. The average Bonchev–Trinajstić information content (AvgIpc) is 2.60. The highest BCUT2D eigenvalue weighted by Crippen LogP contribution is 2.05. The van der Waals surface area contributed by atoms with Crippen LogP contribution in [0.5, 0.6) is 0 Å². The molecule has 0 unspecified atom stereocenters. The van der Waals surface area contributed by atoms with Gasteiger partial charge in [-0.3, -0.25) is 14.4 Å². The Hall–Kier alpha value is -3.33. The van der Waals surface area contributed by atoms with Gasteiger partial charge in [0.1, 0.15) is 5.56 Å². The summed E-state index contributed by atoms with van der Waals surface area (Å²) in [5, 5.41) is 2.60. The number of rotatable bonds is 3. The van der Waals surface area contributed by atoms with Gasteiger partial charge in [-0.1, -0.05) is 11.8 Å². The molecule has 2 rings (SSSR count). The molecule has 1 heterocycles. The Morgan fingerprint density at radius 2 is 1.84 bits per heavy atom. The van der Waals surface area contributed by atoms with Crippen LogP contribution in [0.15, 0.2) is 47.4 Å². The third-order valence-corrected chi connectivity index (χ3v) is 3.48. The summed E-state index contributed by atoms with van der Waals surface area (Å²) in [5.41, 5.74) is 1.05. The molecule has 6 heteroatoms. The number of benzene rings is 1. The Bertz CT molecular complexity index is 900. The van der Waals surface area contributed by atoms with Crippen LogP contribution in [0.2, 0.25) is 0 Å². The highest BCUT2D eigenvalue weighted by molar-refractivity contribution is 5.94. The summed E-state index contributed by atoms with van der Waals surface area (Å²) in [7, 11) is 4.97. The largest absolute Gasteiger partial charge is 0.345 e. The van der Waals surface area contributed by atoms with Crippen LogP contribution in [-0.2, 0) is 7.05 Å². The second kappa shape index (κ2) is 7.97. The Morgan fingerprint density at radius 1 is 1.16 bits per heavy atom. The summed E-state index contributed by atoms with van der Waals surface area (Å²) in [4.78, 5) is 37.1. The van der Waals surface area contributed by atoms with E-state index in [0.29, 0.717) is 5.56 Å². The van der Waals surface area contributed by atoms with E-state index >= 15 is 0 Å². The summed E-state index contributed by atoms with van der Waals surface area (Å²) < 4.78 is 1.34. The Labute approximate surface area is 146 Å². The van der Waals surface area contributed by atoms with E-state index in [-0.39, 0.29) is 23.6 Å². The molecule has 0 spiro atoms. The van der Waals surface area contributed by atoms with Gasteiger partial charge in [-0.2, -0.15) is 0 Å². The first kappa shape index (κ1) is 18.0. The summed E-state index contributed by atoms with van der Waals surface area (Å²) in [6.45, 7) is 0.120. The van der Waals surface area contributed by atoms with Crippen molar-refractivity contribution in [2.75, 3.05) is 20.6 Å².